The molecule has 0 aromatic heterocycles. The SMILES string of the molecule is CC(C)(C)[Si](C)(C)OC(CC(COCc1ccccc1)COCc1ccccc1)C1=CCCO1. The maximum atomic E-state index is 6.88. The summed E-state index contributed by atoms with van der Waals surface area (Å²) in [5.74, 6) is 1.19. The Kier molecular flexibility index (Phi) is 9.95. The number of hydrogen-bond donors (Lipinski definition) is 0. The molecular weight excluding hydrogens is 440 g/mol. The fourth-order valence-corrected chi connectivity index (χ4v) is 5.02. The van der Waals surface area contributed by atoms with Crippen molar-refractivity contribution < 1.29 is 18.6 Å². The molecular formula is C29H42O4Si. The average molecular weight is 483 g/mol. The summed E-state index contributed by atoms with van der Waals surface area (Å²) >= 11 is 0. The third kappa shape index (κ3) is 8.38. The van der Waals surface area contributed by atoms with Gasteiger partial charge in [0.05, 0.1) is 33.0 Å². The van der Waals surface area contributed by atoms with Crippen LogP contribution in [0.2, 0.25) is 18.1 Å². The summed E-state index contributed by atoms with van der Waals surface area (Å²) in [6, 6.07) is 20.6. The Labute approximate surface area is 207 Å². The molecule has 5 heteroatoms. The monoisotopic (exact) mass is 482 g/mol. The van der Waals surface area contributed by atoms with Crippen molar-refractivity contribution in [2.45, 2.75) is 71.1 Å². The second-order valence-corrected chi connectivity index (χ2v) is 15.5. The number of benzene rings is 2. The van der Waals surface area contributed by atoms with E-state index in [0.717, 1.165) is 25.2 Å². The van der Waals surface area contributed by atoms with Gasteiger partial charge in [-0.25, -0.2) is 0 Å². The van der Waals surface area contributed by atoms with Gasteiger partial charge in [0, 0.05) is 12.3 Å². The molecule has 0 radical (unpaired) electrons. The standard InChI is InChI=1S/C29H42O4Si/c1-29(2,3)34(4,5)33-28(27-17-12-18-32-27)19-26(22-30-20-24-13-8-6-9-14-24)23-31-21-25-15-10-7-11-16-25/h6-11,13-17,26,28H,12,18-23H2,1-5H3. The molecule has 1 aliphatic heterocycles. The molecule has 0 bridgehead atoms. The lowest BCUT2D eigenvalue weighted by atomic mass is 10.0. The van der Waals surface area contributed by atoms with Gasteiger partial charge in [-0.15, -0.1) is 0 Å². The minimum Gasteiger partial charge on any atom is -0.495 e. The van der Waals surface area contributed by atoms with Gasteiger partial charge in [0.2, 0.25) is 0 Å². The van der Waals surface area contributed by atoms with Crippen molar-refractivity contribution in [2.75, 3.05) is 19.8 Å². The van der Waals surface area contributed by atoms with Crippen LogP contribution in [-0.2, 0) is 31.9 Å². The molecule has 0 spiro atoms. The molecule has 1 atom stereocenters. The molecule has 0 amide bonds. The van der Waals surface area contributed by atoms with Crippen molar-refractivity contribution >= 4 is 8.32 Å². The Morgan fingerprint density at radius 1 is 0.853 bits per heavy atom. The lowest BCUT2D eigenvalue weighted by Crippen LogP contribution is -2.45. The molecule has 1 heterocycles. The summed E-state index contributed by atoms with van der Waals surface area (Å²) in [5.41, 5.74) is 2.37. The summed E-state index contributed by atoms with van der Waals surface area (Å²) in [4.78, 5) is 0. The number of hydrogen-bond acceptors (Lipinski definition) is 4. The Bertz CT molecular complexity index is 829. The highest BCUT2D eigenvalue weighted by molar-refractivity contribution is 6.74. The smallest absolute Gasteiger partial charge is 0.193 e. The molecule has 186 valence electrons. The third-order valence-electron chi connectivity index (χ3n) is 6.77. The number of ether oxygens (including phenoxy) is 3. The van der Waals surface area contributed by atoms with Gasteiger partial charge in [-0.2, -0.15) is 0 Å². The average Bonchev–Trinajstić information content (AvgIpc) is 3.34. The first-order valence-electron chi connectivity index (χ1n) is 12.5. The largest absolute Gasteiger partial charge is 0.495 e. The van der Waals surface area contributed by atoms with Crippen molar-refractivity contribution in [1.82, 2.24) is 0 Å². The predicted octanol–water partition coefficient (Wildman–Crippen LogP) is 7.12. The van der Waals surface area contributed by atoms with E-state index < -0.39 is 8.32 Å². The van der Waals surface area contributed by atoms with E-state index in [9.17, 15) is 0 Å². The molecule has 2 aromatic rings. The fraction of sp³-hybridized carbons (Fsp3) is 0.517. The summed E-state index contributed by atoms with van der Waals surface area (Å²) in [7, 11) is -1.97. The van der Waals surface area contributed by atoms with Crippen LogP contribution in [0.25, 0.3) is 0 Å². The molecule has 1 aliphatic rings. The van der Waals surface area contributed by atoms with E-state index in [-0.39, 0.29) is 17.1 Å². The van der Waals surface area contributed by atoms with E-state index in [1.54, 1.807) is 0 Å². The van der Waals surface area contributed by atoms with E-state index >= 15 is 0 Å². The quantitative estimate of drug-likeness (QED) is 0.285. The first-order chi connectivity index (χ1) is 16.2. The highest BCUT2D eigenvalue weighted by atomic mass is 28.4. The van der Waals surface area contributed by atoms with Crippen LogP contribution < -0.4 is 0 Å². The van der Waals surface area contributed by atoms with Gasteiger partial charge < -0.3 is 18.6 Å². The summed E-state index contributed by atoms with van der Waals surface area (Å²) in [6.07, 6.45) is 3.91. The zero-order valence-corrected chi connectivity index (χ0v) is 22.6. The second-order valence-electron chi connectivity index (χ2n) is 10.7. The summed E-state index contributed by atoms with van der Waals surface area (Å²) in [6.45, 7) is 14.6. The van der Waals surface area contributed by atoms with E-state index in [4.69, 9.17) is 18.6 Å². The molecule has 0 N–H and O–H groups in total. The maximum absolute atomic E-state index is 6.88. The topological polar surface area (TPSA) is 36.9 Å². The van der Waals surface area contributed by atoms with E-state index in [2.05, 4.69) is 64.2 Å². The van der Waals surface area contributed by atoms with E-state index in [1.807, 2.05) is 36.4 Å². The van der Waals surface area contributed by atoms with Gasteiger partial charge in [-0.3, -0.25) is 0 Å². The minimum atomic E-state index is -1.97. The molecule has 2 aromatic carbocycles. The van der Waals surface area contributed by atoms with Crippen molar-refractivity contribution in [3.63, 3.8) is 0 Å². The zero-order chi connectivity index (χ0) is 24.4. The molecule has 0 saturated carbocycles. The first-order valence-corrected chi connectivity index (χ1v) is 15.4. The van der Waals surface area contributed by atoms with Crippen molar-refractivity contribution in [3.8, 4) is 0 Å². The van der Waals surface area contributed by atoms with Gasteiger partial charge in [0.25, 0.3) is 0 Å². The van der Waals surface area contributed by atoms with Crippen molar-refractivity contribution in [1.29, 1.82) is 0 Å². The van der Waals surface area contributed by atoms with Crippen LogP contribution >= 0.6 is 0 Å². The van der Waals surface area contributed by atoms with Crippen LogP contribution in [0, 0.1) is 5.92 Å². The Morgan fingerprint density at radius 3 is 1.82 bits per heavy atom. The normalized spacial score (nSPS) is 15.3. The van der Waals surface area contributed by atoms with Crippen molar-refractivity contribution in [2.24, 2.45) is 5.92 Å². The Hall–Kier alpha value is -1.92. The fourth-order valence-electron chi connectivity index (χ4n) is 3.74. The van der Waals surface area contributed by atoms with Gasteiger partial charge in [0.15, 0.2) is 8.32 Å². The van der Waals surface area contributed by atoms with Crippen molar-refractivity contribution in [3.05, 3.63) is 83.6 Å². The van der Waals surface area contributed by atoms with Crippen LogP contribution in [-0.4, -0.2) is 34.2 Å². The van der Waals surface area contributed by atoms with Gasteiger partial charge in [0.1, 0.15) is 11.9 Å². The van der Waals surface area contributed by atoms with Gasteiger partial charge >= 0.3 is 0 Å². The minimum absolute atomic E-state index is 0.0611. The molecule has 0 fully saturated rings. The molecule has 0 saturated heterocycles. The molecule has 1 unspecified atom stereocenters. The van der Waals surface area contributed by atoms with E-state index in [0.29, 0.717) is 26.4 Å². The molecule has 4 nitrogen and oxygen atoms in total. The maximum Gasteiger partial charge on any atom is 0.193 e. The van der Waals surface area contributed by atoms with Gasteiger partial charge in [-0.1, -0.05) is 81.4 Å². The number of rotatable bonds is 13. The summed E-state index contributed by atoms with van der Waals surface area (Å²) in [5, 5.41) is 0.132. The summed E-state index contributed by atoms with van der Waals surface area (Å²) < 4.78 is 25.2. The van der Waals surface area contributed by atoms with Crippen LogP contribution in [0.3, 0.4) is 0 Å². The van der Waals surface area contributed by atoms with Crippen LogP contribution in [0.4, 0.5) is 0 Å². The Morgan fingerprint density at radius 2 is 1.38 bits per heavy atom. The lowest BCUT2D eigenvalue weighted by Gasteiger charge is -2.40. The van der Waals surface area contributed by atoms with Crippen LogP contribution in [0.15, 0.2) is 72.5 Å². The Balaban J connectivity index is 1.67. The molecule has 0 aliphatic carbocycles. The lowest BCUT2D eigenvalue weighted by molar-refractivity contribution is 0.00539. The zero-order valence-electron chi connectivity index (χ0n) is 21.6. The highest BCUT2D eigenvalue weighted by Gasteiger charge is 2.41. The highest BCUT2D eigenvalue weighted by Crippen LogP contribution is 2.39. The third-order valence-corrected chi connectivity index (χ3v) is 11.3. The van der Waals surface area contributed by atoms with Crippen LogP contribution in [0.5, 0.6) is 0 Å². The van der Waals surface area contributed by atoms with Gasteiger partial charge in [-0.05, 0) is 41.8 Å². The molecule has 3 rings (SSSR count). The molecule has 34 heavy (non-hydrogen) atoms. The second kappa shape index (κ2) is 12.7. The first kappa shape index (κ1) is 26.7. The predicted molar refractivity (Wildman–Crippen MR) is 141 cm³/mol. The van der Waals surface area contributed by atoms with Crippen LogP contribution in [0.1, 0.15) is 44.7 Å². The van der Waals surface area contributed by atoms with E-state index in [1.165, 1.54) is 11.1 Å².